The number of anilines is 5. The van der Waals surface area contributed by atoms with Crippen molar-refractivity contribution in [2.75, 3.05) is 9.80 Å². The molecule has 7 aromatic rings. The third kappa shape index (κ3) is 7.87. The molecule has 10 rings (SSSR count). The molecule has 0 N–H and O–H groups in total. The SMILES string of the molecule is CC(C)c1ccc(N(C2=CC=C(C3CCCCC3)CC2)c2cc3c4ccccc4c(N(c4ccc(C(C)C)cc4)c4ccc(C5CCCCC5)cc4)cc3c3ccccc23)cc1. The Bertz CT molecular complexity index is 2740. The zero-order valence-electron chi connectivity index (χ0n) is 37.5. The van der Waals surface area contributed by atoms with Crippen molar-refractivity contribution >= 4 is 60.8 Å². The molecule has 314 valence electrons. The van der Waals surface area contributed by atoms with Crippen LogP contribution in [0, 0.1) is 5.92 Å². The van der Waals surface area contributed by atoms with Gasteiger partial charge < -0.3 is 9.80 Å². The molecule has 0 aromatic heterocycles. The first kappa shape index (κ1) is 40.5. The lowest BCUT2D eigenvalue weighted by molar-refractivity contribution is 0.393. The van der Waals surface area contributed by atoms with E-state index in [-0.39, 0.29) is 0 Å². The van der Waals surface area contributed by atoms with E-state index in [1.807, 2.05) is 0 Å². The third-order valence-electron chi connectivity index (χ3n) is 14.8. The number of benzene rings is 7. The predicted octanol–water partition coefficient (Wildman–Crippen LogP) is 18.2. The zero-order chi connectivity index (χ0) is 42.2. The van der Waals surface area contributed by atoms with E-state index in [2.05, 4.69) is 183 Å². The van der Waals surface area contributed by atoms with Crippen LogP contribution in [0.1, 0.15) is 139 Å². The van der Waals surface area contributed by atoms with Gasteiger partial charge in [-0.1, -0.05) is 163 Å². The monoisotopic (exact) mass is 813 g/mol. The van der Waals surface area contributed by atoms with E-state index in [0.717, 1.165) is 18.8 Å². The van der Waals surface area contributed by atoms with Crippen LogP contribution in [0.5, 0.6) is 0 Å². The molecule has 3 aliphatic rings. The van der Waals surface area contributed by atoms with Crippen LogP contribution >= 0.6 is 0 Å². The standard InChI is InChI=1S/C60H64N2/c1-41(2)43-23-31-49(32-24-43)61(51-35-27-47(28-36-51)45-15-7-5-8-16-45)59-39-57-54-20-12-14-22-56(54)60(40-58(57)53-19-11-13-21-55(53)59)62(50-33-25-44(26-34-50)42(3)4)52-37-29-48(30-38-52)46-17-9-6-10-18-46/h11-14,19-29,31-37,39-42,45-46H,5-10,15-18,30,38H2,1-4H3. The summed E-state index contributed by atoms with van der Waals surface area (Å²) in [5.41, 5.74) is 13.3. The molecule has 0 amide bonds. The van der Waals surface area contributed by atoms with E-state index >= 15 is 0 Å². The van der Waals surface area contributed by atoms with Crippen LogP contribution in [0.15, 0.2) is 157 Å². The van der Waals surface area contributed by atoms with Crippen molar-refractivity contribution in [2.45, 2.75) is 122 Å². The van der Waals surface area contributed by atoms with Crippen molar-refractivity contribution in [1.82, 2.24) is 0 Å². The molecule has 0 spiro atoms. The van der Waals surface area contributed by atoms with Gasteiger partial charge >= 0.3 is 0 Å². The first-order valence-corrected chi connectivity index (χ1v) is 24.1. The van der Waals surface area contributed by atoms with Crippen LogP contribution in [0.2, 0.25) is 0 Å². The highest BCUT2D eigenvalue weighted by Gasteiger charge is 2.26. The molecular weight excluding hydrogens is 749 g/mol. The summed E-state index contributed by atoms with van der Waals surface area (Å²) in [4.78, 5) is 5.12. The molecule has 0 saturated heterocycles. The van der Waals surface area contributed by atoms with Gasteiger partial charge in [-0.05, 0) is 155 Å². The second-order valence-electron chi connectivity index (χ2n) is 19.3. The lowest BCUT2D eigenvalue weighted by atomic mass is 9.80. The Morgan fingerprint density at radius 3 is 1.31 bits per heavy atom. The van der Waals surface area contributed by atoms with Crippen LogP contribution in [-0.2, 0) is 0 Å². The topological polar surface area (TPSA) is 6.48 Å². The molecule has 2 fully saturated rings. The van der Waals surface area contributed by atoms with Crippen LogP contribution in [-0.4, -0.2) is 0 Å². The number of allylic oxidation sites excluding steroid dienone is 4. The molecule has 0 atom stereocenters. The largest absolute Gasteiger partial charge is 0.314 e. The number of rotatable bonds is 10. The molecule has 0 bridgehead atoms. The van der Waals surface area contributed by atoms with Crippen molar-refractivity contribution in [3.8, 4) is 0 Å². The normalized spacial score (nSPS) is 16.6. The van der Waals surface area contributed by atoms with Crippen molar-refractivity contribution in [3.63, 3.8) is 0 Å². The fraction of sp³-hybridized carbons (Fsp3) is 0.333. The molecule has 0 aliphatic heterocycles. The molecular formula is C60H64N2. The highest BCUT2D eigenvalue weighted by atomic mass is 15.2. The van der Waals surface area contributed by atoms with Gasteiger partial charge in [-0.3, -0.25) is 0 Å². The van der Waals surface area contributed by atoms with Crippen molar-refractivity contribution in [1.29, 1.82) is 0 Å². The predicted molar refractivity (Wildman–Crippen MR) is 268 cm³/mol. The van der Waals surface area contributed by atoms with Gasteiger partial charge in [0.2, 0.25) is 0 Å². The summed E-state index contributed by atoms with van der Waals surface area (Å²) in [7, 11) is 0. The van der Waals surface area contributed by atoms with Gasteiger partial charge in [-0.2, -0.15) is 0 Å². The molecule has 0 unspecified atom stereocenters. The highest BCUT2D eigenvalue weighted by Crippen LogP contribution is 2.48. The number of hydrogen-bond donors (Lipinski definition) is 0. The number of hydrogen-bond acceptors (Lipinski definition) is 2. The van der Waals surface area contributed by atoms with Gasteiger partial charge in [0, 0.05) is 33.5 Å². The minimum Gasteiger partial charge on any atom is -0.314 e. The molecule has 2 heteroatoms. The maximum absolute atomic E-state index is 2.60. The number of nitrogens with zero attached hydrogens (tertiary/aromatic N) is 2. The van der Waals surface area contributed by atoms with Crippen molar-refractivity contribution in [2.24, 2.45) is 5.92 Å². The summed E-state index contributed by atoms with van der Waals surface area (Å²) >= 11 is 0. The Labute approximate surface area is 371 Å². The third-order valence-corrected chi connectivity index (χ3v) is 14.8. The summed E-state index contributed by atoms with van der Waals surface area (Å²) < 4.78 is 0. The van der Waals surface area contributed by atoms with Crippen LogP contribution in [0.4, 0.5) is 28.4 Å². The Balaban J connectivity index is 1.17. The average Bonchev–Trinajstić information content (AvgIpc) is 3.33. The van der Waals surface area contributed by atoms with E-state index < -0.39 is 0 Å². The molecule has 0 heterocycles. The fourth-order valence-corrected chi connectivity index (χ4v) is 11.2. The van der Waals surface area contributed by atoms with Crippen molar-refractivity contribution in [3.05, 3.63) is 174 Å². The van der Waals surface area contributed by atoms with E-state index in [1.165, 1.54) is 147 Å². The first-order valence-electron chi connectivity index (χ1n) is 24.1. The molecule has 62 heavy (non-hydrogen) atoms. The van der Waals surface area contributed by atoms with Gasteiger partial charge in [0.1, 0.15) is 0 Å². The summed E-state index contributed by atoms with van der Waals surface area (Å²) in [5.74, 6) is 2.38. The summed E-state index contributed by atoms with van der Waals surface area (Å²) in [6.07, 6.45) is 20.7. The second kappa shape index (κ2) is 17.6. The lowest BCUT2D eigenvalue weighted by Crippen LogP contribution is -2.20. The molecule has 0 radical (unpaired) electrons. The molecule has 2 saturated carbocycles. The van der Waals surface area contributed by atoms with Crippen LogP contribution in [0.3, 0.4) is 0 Å². The highest BCUT2D eigenvalue weighted by molar-refractivity contribution is 6.24. The lowest BCUT2D eigenvalue weighted by Gasteiger charge is -2.33. The summed E-state index contributed by atoms with van der Waals surface area (Å²) in [5, 5.41) is 7.68. The Morgan fingerprint density at radius 1 is 0.403 bits per heavy atom. The zero-order valence-corrected chi connectivity index (χ0v) is 37.5. The fourth-order valence-electron chi connectivity index (χ4n) is 11.2. The number of fused-ring (bicyclic) bond motifs is 5. The first-order chi connectivity index (χ1) is 30.4. The smallest absolute Gasteiger partial charge is 0.0546 e. The summed E-state index contributed by atoms with van der Waals surface area (Å²) in [6, 6.07) is 51.6. The maximum atomic E-state index is 2.60. The van der Waals surface area contributed by atoms with E-state index in [4.69, 9.17) is 0 Å². The molecule has 3 aliphatic carbocycles. The van der Waals surface area contributed by atoms with Gasteiger partial charge in [-0.25, -0.2) is 0 Å². The Morgan fingerprint density at radius 2 is 0.839 bits per heavy atom. The Kier molecular flexibility index (Phi) is 11.5. The average molecular weight is 813 g/mol. The van der Waals surface area contributed by atoms with E-state index in [1.54, 1.807) is 5.57 Å². The summed E-state index contributed by atoms with van der Waals surface area (Å²) in [6.45, 7) is 9.15. The maximum Gasteiger partial charge on any atom is 0.0546 e. The van der Waals surface area contributed by atoms with Crippen LogP contribution in [0.25, 0.3) is 32.3 Å². The van der Waals surface area contributed by atoms with Crippen LogP contribution < -0.4 is 9.80 Å². The second-order valence-corrected chi connectivity index (χ2v) is 19.3. The van der Waals surface area contributed by atoms with Gasteiger partial charge in [-0.15, -0.1) is 0 Å². The molecule has 2 nitrogen and oxygen atoms in total. The van der Waals surface area contributed by atoms with E-state index in [9.17, 15) is 0 Å². The van der Waals surface area contributed by atoms with Gasteiger partial charge in [0.25, 0.3) is 0 Å². The quantitative estimate of drug-likeness (QED) is 0.127. The van der Waals surface area contributed by atoms with Gasteiger partial charge in [0.05, 0.1) is 11.4 Å². The van der Waals surface area contributed by atoms with Crippen molar-refractivity contribution < 1.29 is 0 Å². The van der Waals surface area contributed by atoms with E-state index in [0.29, 0.717) is 17.8 Å². The van der Waals surface area contributed by atoms with Gasteiger partial charge in [0.15, 0.2) is 0 Å². The molecule has 7 aromatic carbocycles. The Hall–Kier alpha value is -5.60. The minimum atomic E-state index is 0.474. The minimum absolute atomic E-state index is 0.474.